The highest BCUT2D eigenvalue weighted by Crippen LogP contribution is 2.27. The topological polar surface area (TPSA) is 58.2 Å². The zero-order chi connectivity index (χ0) is 14.2. The lowest BCUT2D eigenvalue weighted by atomic mass is 10.1. The molecule has 0 radical (unpaired) electrons. The van der Waals surface area contributed by atoms with Gasteiger partial charge in [0.05, 0.1) is 4.90 Å². The molecule has 112 valence electrons. The molecule has 4 nitrogen and oxygen atoms in total. The fourth-order valence-electron chi connectivity index (χ4n) is 2.73. The first kappa shape index (κ1) is 14.5. The Balaban J connectivity index is 1.61. The molecule has 0 aliphatic heterocycles. The third-order valence-electron chi connectivity index (χ3n) is 4.10. The molecule has 0 aromatic carbocycles. The van der Waals surface area contributed by atoms with Gasteiger partial charge in [-0.2, -0.15) is 0 Å². The minimum atomic E-state index is -3.34. The molecule has 20 heavy (non-hydrogen) atoms. The van der Waals surface area contributed by atoms with E-state index in [1.54, 1.807) is 11.4 Å². The molecule has 0 saturated heterocycles. The Bertz CT molecular complexity index is 563. The molecule has 0 bridgehead atoms. The summed E-state index contributed by atoms with van der Waals surface area (Å²) in [6.45, 7) is 2.96. The Hall–Kier alpha value is -0.430. The molecule has 2 aliphatic rings. The summed E-state index contributed by atoms with van der Waals surface area (Å²) in [7, 11) is -3.34. The molecule has 2 saturated carbocycles. The fourth-order valence-corrected chi connectivity index (χ4v) is 5.24. The second-order valence-electron chi connectivity index (χ2n) is 6.14. The molecule has 1 aromatic rings. The van der Waals surface area contributed by atoms with Gasteiger partial charge in [0.1, 0.15) is 0 Å². The van der Waals surface area contributed by atoms with Gasteiger partial charge in [-0.25, -0.2) is 13.1 Å². The first-order chi connectivity index (χ1) is 9.53. The minimum Gasteiger partial charge on any atom is -0.309 e. The molecule has 6 heteroatoms. The SMILES string of the molecule is CC1CCC(NS(=O)(=O)c2csc(CNC3CC3)c2)C1. The van der Waals surface area contributed by atoms with Crippen LogP contribution in [0.15, 0.2) is 16.3 Å². The lowest BCUT2D eigenvalue weighted by Gasteiger charge is -2.11. The van der Waals surface area contributed by atoms with E-state index in [2.05, 4.69) is 17.0 Å². The fraction of sp³-hybridized carbons (Fsp3) is 0.714. The number of hydrogen-bond acceptors (Lipinski definition) is 4. The van der Waals surface area contributed by atoms with Crippen LogP contribution in [0.25, 0.3) is 0 Å². The van der Waals surface area contributed by atoms with Crippen molar-refractivity contribution in [3.63, 3.8) is 0 Å². The highest BCUT2D eigenvalue weighted by molar-refractivity contribution is 7.89. The standard InChI is InChI=1S/C14H22N2O2S2/c1-10-2-3-12(6-10)16-20(17,18)14-7-13(19-9-14)8-15-11-4-5-11/h7,9-12,15-16H,2-6,8H2,1H3. The molecular weight excluding hydrogens is 292 g/mol. The quantitative estimate of drug-likeness (QED) is 0.848. The Labute approximate surface area is 125 Å². The first-order valence-electron chi connectivity index (χ1n) is 7.36. The zero-order valence-corrected chi connectivity index (χ0v) is 13.4. The van der Waals surface area contributed by atoms with Crippen LogP contribution in [0.3, 0.4) is 0 Å². The summed E-state index contributed by atoms with van der Waals surface area (Å²) in [6.07, 6.45) is 5.53. The monoisotopic (exact) mass is 314 g/mol. The molecule has 3 rings (SSSR count). The predicted molar refractivity (Wildman–Crippen MR) is 81.3 cm³/mol. The molecule has 2 aliphatic carbocycles. The number of nitrogens with one attached hydrogen (secondary N) is 2. The van der Waals surface area contributed by atoms with Crippen molar-refractivity contribution >= 4 is 21.4 Å². The molecule has 2 atom stereocenters. The van der Waals surface area contributed by atoms with Gasteiger partial charge in [-0.3, -0.25) is 0 Å². The van der Waals surface area contributed by atoms with Crippen LogP contribution in [-0.2, 0) is 16.6 Å². The van der Waals surface area contributed by atoms with Crippen molar-refractivity contribution in [2.75, 3.05) is 0 Å². The second-order valence-corrected chi connectivity index (χ2v) is 8.85. The van der Waals surface area contributed by atoms with Crippen molar-refractivity contribution in [2.45, 2.75) is 62.6 Å². The summed E-state index contributed by atoms with van der Waals surface area (Å²) in [5, 5.41) is 5.17. The highest BCUT2D eigenvalue weighted by atomic mass is 32.2. The Morgan fingerprint density at radius 2 is 2.00 bits per heavy atom. The molecule has 2 N–H and O–H groups in total. The Morgan fingerprint density at radius 3 is 2.65 bits per heavy atom. The number of hydrogen-bond donors (Lipinski definition) is 2. The zero-order valence-electron chi connectivity index (χ0n) is 11.8. The lowest BCUT2D eigenvalue weighted by molar-refractivity contribution is 0.538. The van der Waals surface area contributed by atoms with E-state index >= 15 is 0 Å². The van der Waals surface area contributed by atoms with Gasteiger partial charge in [-0.15, -0.1) is 11.3 Å². The van der Waals surface area contributed by atoms with Crippen LogP contribution in [0.5, 0.6) is 0 Å². The summed E-state index contributed by atoms with van der Waals surface area (Å²) in [6, 6.07) is 2.57. The van der Waals surface area contributed by atoms with Crippen LogP contribution in [0, 0.1) is 5.92 Å². The van der Waals surface area contributed by atoms with Gasteiger partial charge in [0, 0.05) is 28.9 Å². The smallest absolute Gasteiger partial charge is 0.241 e. The summed E-state index contributed by atoms with van der Waals surface area (Å²) in [5.74, 6) is 0.628. The molecule has 0 spiro atoms. The van der Waals surface area contributed by atoms with Crippen molar-refractivity contribution in [2.24, 2.45) is 5.92 Å². The number of sulfonamides is 1. The van der Waals surface area contributed by atoms with Crippen molar-refractivity contribution in [3.05, 3.63) is 16.3 Å². The number of thiophene rings is 1. The van der Waals surface area contributed by atoms with Crippen molar-refractivity contribution < 1.29 is 8.42 Å². The molecule has 2 fully saturated rings. The van der Waals surface area contributed by atoms with E-state index in [-0.39, 0.29) is 6.04 Å². The van der Waals surface area contributed by atoms with Gasteiger partial charge < -0.3 is 5.32 Å². The number of rotatable bonds is 6. The third-order valence-corrected chi connectivity index (χ3v) is 6.68. The molecule has 0 amide bonds. The Morgan fingerprint density at radius 1 is 1.25 bits per heavy atom. The minimum absolute atomic E-state index is 0.114. The maximum atomic E-state index is 12.3. The average molecular weight is 314 g/mol. The van der Waals surface area contributed by atoms with Gasteiger partial charge in [-0.05, 0) is 44.1 Å². The van der Waals surface area contributed by atoms with E-state index in [1.165, 1.54) is 24.2 Å². The van der Waals surface area contributed by atoms with Crippen LogP contribution >= 0.6 is 11.3 Å². The van der Waals surface area contributed by atoms with E-state index in [4.69, 9.17) is 0 Å². The van der Waals surface area contributed by atoms with E-state index in [0.717, 1.165) is 30.7 Å². The summed E-state index contributed by atoms with van der Waals surface area (Å²) in [5.41, 5.74) is 0. The normalized spacial score (nSPS) is 27.1. The largest absolute Gasteiger partial charge is 0.309 e. The van der Waals surface area contributed by atoms with Crippen LogP contribution in [0.2, 0.25) is 0 Å². The average Bonchev–Trinajstić information content (AvgIpc) is 2.93. The van der Waals surface area contributed by atoms with E-state index < -0.39 is 10.0 Å². The van der Waals surface area contributed by atoms with Gasteiger partial charge in [-0.1, -0.05) is 6.92 Å². The van der Waals surface area contributed by atoms with Crippen LogP contribution in [-0.4, -0.2) is 20.5 Å². The maximum Gasteiger partial charge on any atom is 0.241 e. The first-order valence-corrected chi connectivity index (χ1v) is 9.72. The molecule has 1 heterocycles. The van der Waals surface area contributed by atoms with Gasteiger partial charge in [0.2, 0.25) is 10.0 Å². The third kappa shape index (κ3) is 3.61. The summed E-state index contributed by atoms with van der Waals surface area (Å²) in [4.78, 5) is 1.52. The summed E-state index contributed by atoms with van der Waals surface area (Å²) < 4.78 is 27.5. The van der Waals surface area contributed by atoms with Gasteiger partial charge in [0.15, 0.2) is 0 Å². The van der Waals surface area contributed by atoms with Crippen molar-refractivity contribution in [1.29, 1.82) is 0 Å². The van der Waals surface area contributed by atoms with Crippen molar-refractivity contribution in [3.8, 4) is 0 Å². The lowest BCUT2D eigenvalue weighted by Crippen LogP contribution is -2.32. The van der Waals surface area contributed by atoms with Gasteiger partial charge >= 0.3 is 0 Å². The van der Waals surface area contributed by atoms with E-state index in [9.17, 15) is 8.42 Å². The van der Waals surface area contributed by atoms with Crippen molar-refractivity contribution in [1.82, 2.24) is 10.0 Å². The van der Waals surface area contributed by atoms with Crippen LogP contribution in [0.1, 0.15) is 43.9 Å². The van der Waals surface area contributed by atoms with E-state index in [1.807, 2.05) is 0 Å². The van der Waals surface area contributed by atoms with Crippen LogP contribution < -0.4 is 10.0 Å². The maximum absolute atomic E-state index is 12.3. The van der Waals surface area contributed by atoms with E-state index in [0.29, 0.717) is 16.9 Å². The predicted octanol–water partition coefficient (Wildman–Crippen LogP) is 2.47. The molecular formula is C14H22N2O2S2. The Kier molecular flexibility index (Phi) is 4.17. The van der Waals surface area contributed by atoms with Crippen LogP contribution in [0.4, 0.5) is 0 Å². The molecule has 2 unspecified atom stereocenters. The molecule has 1 aromatic heterocycles. The summed E-state index contributed by atoms with van der Waals surface area (Å²) >= 11 is 1.52. The second kappa shape index (κ2) is 5.75. The van der Waals surface area contributed by atoms with Gasteiger partial charge in [0.25, 0.3) is 0 Å². The highest BCUT2D eigenvalue weighted by Gasteiger charge is 2.27.